The Morgan fingerprint density at radius 1 is 1.07 bits per heavy atom. The van der Waals surface area contributed by atoms with E-state index in [0.717, 1.165) is 31.2 Å². The molecule has 8 heteroatoms. The Balaban J connectivity index is 1.45. The zero-order valence-corrected chi connectivity index (χ0v) is 17.4. The number of halogens is 1. The van der Waals surface area contributed by atoms with Crippen LogP contribution < -0.4 is 4.72 Å². The lowest BCUT2D eigenvalue weighted by atomic mass is 10.0. The smallest absolute Gasteiger partial charge is 0.254 e. The fourth-order valence-corrected chi connectivity index (χ4v) is 5.14. The third-order valence-electron chi connectivity index (χ3n) is 5.71. The Morgan fingerprint density at radius 3 is 2.47 bits per heavy atom. The lowest BCUT2D eigenvalue weighted by molar-refractivity contribution is 0.0735. The molecule has 0 aromatic heterocycles. The van der Waals surface area contributed by atoms with Gasteiger partial charge in [0.1, 0.15) is 5.82 Å². The number of amides is 1. The van der Waals surface area contributed by atoms with E-state index in [4.69, 9.17) is 4.74 Å². The van der Waals surface area contributed by atoms with Gasteiger partial charge in [-0.1, -0.05) is 12.1 Å². The highest BCUT2D eigenvalue weighted by atomic mass is 32.2. The Morgan fingerprint density at radius 2 is 1.80 bits per heavy atom. The second kappa shape index (κ2) is 8.83. The van der Waals surface area contributed by atoms with Gasteiger partial charge in [0.05, 0.1) is 17.0 Å². The van der Waals surface area contributed by atoms with Crippen molar-refractivity contribution in [1.29, 1.82) is 0 Å². The highest BCUT2D eigenvalue weighted by Gasteiger charge is 2.31. The van der Waals surface area contributed by atoms with Crippen LogP contribution in [0.3, 0.4) is 0 Å². The van der Waals surface area contributed by atoms with Crippen molar-refractivity contribution >= 4 is 15.9 Å². The van der Waals surface area contributed by atoms with E-state index in [0.29, 0.717) is 18.7 Å². The Bertz CT molecular complexity index is 987. The molecule has 2 saturated heterocycles. The lowest BCUT2D eigenvalue weighted by Gasteiger charge is -2.25. The molecule has 2 aliphatic rings. The molecule has 2 fully saturated rings. The number of nitrogens with one attached hydrogen (secondary N) is 1. The minimum atomic E-state index is -3.66. The van der Waals surface area contributed by atoms with Crippen LogP contribution in [0.1, 0.15) is 47.6 Å². The third kappa shape index (κ3) is 4.55. The molecule has 0 aliphatic carbocycles. The summed E-state index contributed by atoms with van der Waals surface area (Å²) in [7, 11) is -3.66. The number of nitrogens with zero attached hydrogens (tertiary/aromatic N) is 1. The zero-order valence-electron chi connectivity index (χ0n) is 16.6. The van der Waals surface area contributed by atoms with Gasteiger partial charge in [0.25, 0.3) is 5.91 Å². The summed E-state index contributed by atoms with van der Waals surface area (Å²) in [5.74, 6) is -0.461. The second-order valence-electron chi connectivity index (χ2n) is 7.72. The highest BCUT2D eigenvalue weighted by Crippen LogP contribution is 2.33. The second-order valence-corrected chi connectivity index (χ2v) is 9.49. The quantitative estimate of drug-likeness (QED) is 0.760. The van der Waals surface area contributed by atoms with Crippen LogP contribution in [0.5, 0.6) is 0 Å². The molecule has 2 heterocycles. The molecule has 0 bridgehead atoms. The average Bonchev–Trinajstić information content (AvgIpc) is 3.45. The van der Waals surface area contributed by atoms with Gasteiger partial charge in [-0.25, -0.2) is 17.5 Å². The van der Waals surface area contributed by atoms with Crippen molar-refractivity contribution in [1.82, 2.24) is 9.62 Å². The van der Waals surface area contributed by atoms with Gasteiger partial charge >= 0.3 is 0 Å². The Kier molecular flexibility index (Phi) is 6.17. The molecule has 1 N–H and O–H groups in total. The van der Waals surface area contributed by atoms with Crippen molar-refractivity contribution < 1.29 is 22.3 Å². The molecular formula is C22H25FN2O4S. The van der Waals surface area contributed by atoms with Gasteiger partial charge in [0, 0.05) is 25.3 Å². The van der Waals surface area contributed by atoms with Crippen LogP contribution in [0.4, 0.5) is 4.39 Å². The summed E-state index contributed by atoms with van der Waals surface area (Å²) in [5, 5.41) is 0. The van der Waals surface area contributed by atoms with Gasteiger partial charge in [0.2, 0.25) is 10.0 Å². The van der Waals surface area contributed by atoms with Crippen molar-refractivity contribution in [2.45, 2.75) is 42.7 Å². The van der Waals surface area contributed by atoms with Crippen LogP contribution in [0.15, 0.2) is 53.4 Å². The van der Waals surface area contributed by atoms with E-state index in [1.165, 1.54) is 24.3 Å². The van der Waals surface area contributed by atoms with Crippen LogP contribution in [0.25, 0.3) is 0 Å². The van der Waals surface area contributed by atoms with Crippen LogP contribution in [0, 0.1) is 5.82 Å². The standard InChI is InChI=1S/C22H25FN2O4S/c23-18-9-5-16(6-10-18)21-4-1-13-25(21)22(26)17-7-11-20(12-8-17)30(27,28)24-15-19-3-2-14-29-19/h5-12,19,21,24H,1-4,13-15H2. The number of carbonyl (C=O) groups is 1. The van der Waals surface area contributed by atoms with Gasteiger partial charge in [-0.15, -0.1) is 0 Å². The third-order valence-corrected chi connectivity index (χ3v) is 7.14. The van der Waals surface area contributed by atoms with E-state index < -0.39 is 10.0 Å². The Labute approximate surface area is 176 Å². The van der Waals surface area contributed by atoms with Gasteiger partial charge in [0.15, 0.2) is 0 Å². The first-order valence-electron chi connectivity index (χ1n) is 10.2. The van der Waals surface area contributed by atoms with E-state index in [9.17, 15) is 17.6 Å². The molecule has 6 nitrogen and oxygen atoms in total. The first kappa shape index (κ1) is 21.0. The molecule has 2 unspecified atom stereocenters. The predicted octanol–water partition coefficient (Wildman–Crippen LogP) is 3.26. The summed E-state index contributed by atoms with van der Waals surface area (Å²) in [6.45, 7) is 1.53. The maximum atomic E-state index is 13.2. The largest absolute Gasteiger partial charge is 0.377 e. The molecule has 0 radical (unpaired) electrons. The number of carbonyl (C=O) groups excluding carboxylic acids is 1. The molecule has 0 saturated carbocycles. The molecule has 4 rings (SSSR count). The fourth-order valence-electron chi connectivity index (χ4n) is 4.08. The molecule has 2 atom stereocenters. The normalized spacial score (nSPS) is 21.8. The minimum absolute atomic E-state index is 0.0841. The summed E-state index contributed by atoms with van der Waals surface area (Å²) in [4.78, 5) is 14.9. The van der Waals surface area contributed by atoms with E-state index in [1.54, 1.807) is 29.2 Å². The highest BCUT2D eigenvalue weighted by molar-refractivity contribution is 7.89. The van der Waals surface area contributed by atoms with E-state index >= 15 is 0 Å². The summed E-state index contributed by atoms with van der Waals surface area (Å²) in [5.41, 5.74) is 1.34. The Hall–Kier alpha value is -2.29. The van der Waals surface area contributed by atoms with Crippen LogP contribution in [0.2, 0.25) is 0 Å². The molecule has 0 spiro atoms. The fraction of sp³-hybridized carbons (Fsp3) is 0.409. The predicted molar refractivity (Wildman–Crippen MR) is 110 cm³/mol. The summed E-state index contributed by atoms with van der Waals surface area (Å²) in [6.07, 6.45) is 3.39. The molecule has 160 valence electrons. The van der Waals surface area contributed by atoms with Crippen LogP contribution >= 0.6 is 0 Å². The summed E-state index contributed by atoms with van der Waals surface area (Å²) in [6, 6.07) is 12.1. The number of ether oxygens (including phenoxy) is 1. The molecule has 30 heavy (non-hydrogen) atoms. The average molecular weight is 433 g/mol. The monoisotopic (exact) mass is 432 g/mol. The molecule has 1 amide bonds. The topological polar surface area (TPSA) is 75.7 Å². The number of likely N-dealkylation sites (tertiary alicyclic amines) is 1. The molecular weight excluding hydrogens is 407 g/mol. The number of sulfonamides is 1. The zero-order chi connectivity index (χ0) is 21.1. The van der Waals surface area contributed by atoms with Gasteiger partial charge < -0.3 is 9.64 Å². The van der Waals surface area contributed by atoms with Gasteiger partial charge in [-0.2, -0.15) is 0 Å². The van der Waals surface area contributed by atoms with Crippen molar-refractivity contribution in [3.8, 4) is 0 Å². The number of benzene rings is 2. The van der Waals surface area contributed by atoms with E-state index in [1.807, 2.05) is 0 Å². The van der Waals surface area contributed by atoms with Crippen molar-refractivity contribution in [3.63, 3.8) is 0 Å². The summed E-state index contributed by atoms with van der Waals surface area (Å²) >= 11 is 0. The number of rotatable bonds is 6. The van der Waals surface area contributed by atoms with Crippen molar-refractivity contribution in [2.24, 2.45) is 0 Å². The van der Waals surface area contributed by atoms with Crippen molar-refractivity contribution in [2.75, 3.05) is 19.7 Å². The minimum Gasteiger partial charge on any atom is -0.377 e. The molecule has 2 aromatic rings. The van der Waals surface area contributed by atoms with E-state index in [2.05, 4.69) is 4.72 Å². The van der Waals surface area contributed by atoms with Crippen LogP contribution in [-0.4, -0.2) is 45.0 Å². The van der Waals surface area contributed by atoms with Crippen LogP contribution in [-0.2, 0) is 14.8 Å². The van der Waals surface area contributed by atoms with Crippen molar-refractivity contribution in [3.05, 3.63) is 65.5 Å². The number of hydrogen-bond donors (Lipinski definition) is 1. The maximum Gasteiger partial charge on any atom is 0.254 e. The van der Waals surface area contributed by atoms with Gasteiger partial charge in [-0.05, 0) is 67.6 Å². The lowest BCUT2D eigenvalue weighted by Crippen LogP contribution is -2.32. The summed E-state index contributed by atoms with van der Waals surface area (Å²) < 4.78 is 46.2. The molecule has 2 aliphatic heterocycles. The first-order valence-corrected chi connectivity index (χ1v) is 11.7. The maximum absolute atomic E-state index is 13.2. The number of hydrogen-bond acceptors (Lipinski definition) is 4. The van der Waals surface area contributed by atoms with Gasteiger partial charge in [-0.3, -0.25) is 4.79 Å². The van der Waals surface area contributed by atoms with E-state index in [-0.39, 0.29) is 35.3 Å². The molecule has 2 aromatic carbocycles. The SMILES string of the molecule is O=C(c1ccc(S(=O)(=O)NCC2CCCO2)cc1)N1CCCC1c1ccc(F)cc1. The first-order chi connectivity index (χ1) is 14.4.